The summed E-state index contributed by atoms with van der Waals surface area (Å²) in [7, 11) is -3.71. The van der Waals surface area contributed by atoms with E-state index in [1.54, 1.807) is 24.3 Å². The van der Waals surface area contributed by atoms with Gasteiger partial charge in [0.15, 0.2) is 0 Å². The van der Waals surface area contributed by atoms with E-state index in [1.165, 1.54) is 4.31 Å². The molecule has 0 saturated carbocycles. The molecule has 2 N–H and O–H groups in total. The van der Waals surface area contributed by atoms with Crippen molar-refractivity contribution in [2.45, 2.75) is 30.8 Å². The number of carbonyl (C=O) groups excluding carboxylic acids is 1. The molecule has 0 radical (unpaired) electrons. The van der Waals surface area contributed by atoms with Gasteiger partial charge in [-0.25, -0.2) is 13.2 Å². The normalized spacial score (nSPS) is 16.9. The van der Waals surface area contributed by atoms with E-state index in [1.807, 2.05) is 11.8 Å². The van der Waals surface area contributed by atoms with Gasteiger partial charge in [-0.1, -0.05) is 0 Å². The van der Waals surface area contributed by atoms with E-state index in [4.69, 9.17) is 19.4 Å². The summed E-state index contributed by atoms with van der Waals surface area (Å²) in [6.07, 6.45) is -4.19. The summed E-state index contributed by atoms with van der Waals surface area (Å²) >= 11 is 0. The minimum Gasteiger partial charge on any atom is -0.494 e. The Bertz CT molecular complexity index is 998. The van der Waals surface area contributed by atoms with Gasteiger partial charge in [0.1, 0.15) is 5.75 Å². The number of carboxylic acids is 1. The van der Waals surface area contributed by atoms with Crippen LogP contribution in [0, 0.1) is 0 Å². The quantitative estimate of drug-likeness (QED) is 0.396. The smallest absolute Gasteiger partial charge is 0.490 e. The Morgan fingerprint density at radius 3 is 2.21 bits per heavy atom. The average Bonchev–Trinajstić information content (AvgIpc) is 2.91. The molecule has 3 rings (SSSR count). The molecule has 39 heavy (non-hydrogen) atoms. The summed E-state index contributed by atoms with van der Waals surface area (Å²) in [5, 5.41) is 10.4. The third-order valence-electron chi connectivity index (χ3n) is 6.05. The SMILES string of the molecule is CCOc1ccc(S(=O)(=O)N(CCCN2CCOCC2)CCC(=O)N2CCNCC2)cc1.O=C(O)C(F)(F)F. The van der Waals surface area contributed by atoms with Crippen LogP contribution in [-0.4, -0.2) is 124 Å². The van der Waals surface area contributed by atoms with E-state index in [-0.39, 0.29) is 23.8 Å². The number of nitrogens with zero attached hydrogens (tertiary/aromatic N) is 3. The number of hydrogen-bond acceptors (Lipinski definition) is 8. The number of ether oxygens (including phenoxy) is 2. The van der Waals surface area contributed by atoms with Crippen LogP contribution in [0.3, 0.4) is 0 Å². The third-order valence-corrected chi connectivity index (χ3v) is 7.96. The Labute approximate surface area is 226 Å². The average molecular weight is 583 g/mol. The Morgan fingerprint density at radius 2 is 1.67 bits per heavy atom. The molecule has 2 aliphatic rings. The van der Waals surface area contributed by atoms with Crippen LogP contribution < -0.4 is 10.1 Å². The van der Waals surface area contributed by atoms with Crippen molar-refractivity contribution >= 4 is 21.9 Å². The predicted octanol–water partition coefficient (Wildman–Crippen LogP) is 1.25. The first-order chi connectivity index (χ1) is 18.4. The second kappa shape index (κ2) is 16.0. The summed E-state index contributed by atoms with van der Waals surface area (Å²) in [5.41, 5.74) is 0. The Balaban J connectivity index is 0.000000673. The summed E-state index contributed by atoms with van der Waals surface area (Å²) < 4.78 is 70.8. The molecule has 2 saturated heterocycles. The van der Waals surface area contributed by atoms with Gasteiger partial charge in [0.2, 0.25) is 15.9 Å². The Hall–Kier alpha value is -2.46. The molecule has 15 heteroatoms. The fraction of sp³-hybridized carbons (Fsp3) is 0.667. The van der Waals surface area contributed by atoms with Crippen LogP contribution in [0.25, 0.3) is 0 Å². The highest BCUT2D eigenvalue weighted by Crippen LogP contribution is 2.21. The van der Waals surface area contributed by atoms with Crippen molar-refractivity contribution in [3.05, 3.63) is 24.3 Å². The topological polar surface area (TPSA) is 129 Å². The van der Waals surface area contributed by atoms with Gasteiger partial charge >= 0.3 is 12.1 Å². The number of alkyl halides is 3. The molecular formula is C24H37F3N4O7S. The molecule has 0 spiro atoms. The third kappa shape index (κ3) is 11.3. The predicted molar refractivity (Wildman–Crippen MR) is 136 cm³/mol. The lowest BCUT2D eigenvalue weighted by molar-refractivity contribution is -0.192. The van der Waals surface area contributed by atoms with Crippen LogP contribution in [0.4, 0.5) is 13.2 Å². The summed E-state index contributed by atoms with van der Waals surface area (Å²) in [5.74, 6) is -2.11. The zero-order valence-corrected chi connectivity index (χ0v) is 22.8. The minimum absolute atomic E-state index is 0.00609. The molecule has 222 valence electrons. The largest absolute Gasteiger partial charge is 0.494 e. The minimum atomic E-state index is -5.08. The number of carbonyl (C=O) groups is 2. The van der Waals surface area contributed by atoms with Crippen molar-refractivity contribution in [2.75, 3.05) is 78.7 Å². The van der Waals surface area contributed by atoms with Crippen LogP contribution >= 0.6 is 0 Å². The fourth-order valence-corrected chi connectivity index (χ4v) is 5.44. The van der Waals surface area contributed by atoms with E-state index in [2.05, 4.69) is 10.2 Å². The van der Waals surface area contributed by atoms with Crippen LogP contribution in [0.2, 0.25) is 0 Å². The molecule has 1 aromatic rings. The summed E-state index contributed by atoms with van der Waals surface area (Å²) in [4.78, 5) is 25.9. The van der Waals surface area contributed by atoms with Crippen molar-refractivity contribution in [3.8, 4) is 5.75 Å². The molecule has 11 nitrogen and oxygen atoms in total. The van der Waals surface area contributed by atoms with Gasteiger partial charge in [0.25, 0.3) is 0 Å². The first-order valence-electron chi connectivity index (χ1n) is 12.8. The van der Waals surface area contributed by atoms with Gasteiger partial charge in [-0.15, -0.1) is 0 Å². The first kappa shape index (κ1) is 32.8. The number of hydrogen-bond donors (Lipinski definition) is 2. The lowest BCUT2D eigenvalue weighted by atomic mass is 10.3. The number of carboxylic acid groups (broad SMARTS) is 1. The van der Waals surface area contributed by atoms with E-state index in [9.17, 15) is 26.4 Å². The first-order valence-corrected chi connectivity index (χ1v) is 14.2. The molecule has 2 heterocycles. The van der Waals surface area contributed by atoms with Gasteiger partial charge in [-0.05, 0) is 44.2 Å². The molecule has 2 aliphatic heterocycles. The van der Waals surface area contributed by atoms with E-state index in [0.717, 1.165) is 32.7 Å². The van der Waals surface area contributed by atoms with E-state index >= 15 is 0 Å². The van der Waals surface area contributed by atoms with Gasteiger partial charge in [-0.2, -0.15) is 17.5 Å². The molecule has 0 aliphatic carbocycles. The lowest BCUT2D eigenvalue weighted by Gasteiger charge is -2.30. The van der Waals surface area contributed by atoms with Crippen LogP contribution in [0.1, 0.15) is 19.8 Å². The van der Waals surface area contributed by atoms with E-state index < -0.39 is 22.2 Å². The molecule has 0 bridgehead atoms. The number of nitrogens with one attached hydrogen (secondary N) is 1. The second-order valence-corrected chi connectivity index (χ2v) is 10.7. The summed E-state index contributed by atoms with van der Waals surface area (Å²) in [6.45, 7) is 9.83. The van der Waals surface area contributed by atoms with Crippen LogP contribution in [-0.2, 0) is 24.3 Å². The molecule has 0 aromatic heterocycles. The number of aliphatic carboxylic acids is 1. The highest BCUT2D eigenvalue weighted by Gasteiger charge is 2.38. The second-order valence-electron chi connectivity index (χ2n) is 8.80. The van der Waals surface area contributed by atoms with Gasteiger partial charge in [0, 0.05) is 58.8 Å². The highest BCUT2D eigenvalue weighted by atomic mass is 32.2. The Kier molecular flexibility index (Phi) is 13.4. The maximum Gasteiger partial charge on any atom is 0.490 e. The van der Waals surface area contributed by atoms with Crippen molar-refractivity contribution in [1.82, 2.24) is 19.4 Å². The van der Waals surface area contributed by atoms with Gasteiger partial charge in [-0.3, -0.25) is 9.69 Å². The fourth-order valence-electron chi connectivity index (χ4n) is 3.96. The van der Waals surface area contributed by atoms with Crippen molar-refractivity contribution in [3.63, 3.8) is 0 Å². The number of benzene rings is 1. The molecular weight excluding hydrogens is 545 g/mol. The molecule has 2 fully saturated rings. The van der Waals surface area contributed by atoms with E-state index in [0.29, 0.717) is 51.6 Å². The molecule has 0 unspecified atom stereocenters. The monoisotopic (exact) mass is 582 g/mol. The zero-order chi connectivity index (χ0) is 28.9. The Morgan fingerprint density at radius 1 is 1.08 bits per heavy atom. The highest BCUT2D eigenvalue weighted by molar-refractivity contribution is 7.89. The van der Waals surface area contributed by atoms with Crippen LogP contribution in [0.15, 0.2) is 29.2 Å². The number of morpholine rings is 1. The number of piperazine rings is 1. The maximum absolute atomic E-state index is 13.4. The zero-order valence-electron chi connectivity index (χ0n) is 22.0. The lowest BCUT2D eigenvalue weighted by Crippen LogP contribution is -2.47. The van der Waals surface area contributed by atoms with Gasteiger partial charge in [0.05, 0.1) is 24.7 Å². The molecule has 1 amide bonds. The maximum atomic E-state index is 13.4. The number of rotatable bonds is 11. The standard InChI is InChI=1S/C22H36N4O5S.C2HF3O2/c1-2-31-20-4-6-21(7-5-20)32(28,29)26(12-3-11-24-16-18-30-19-17-24)13-8-22(27)25-14-9-23-10-15-25;3-2(4,5)1(6)7/h4-7,23H,2-3,8-19H2,1H3;(H,6,7). The van der Waals surface area contributed by atoms with Crippen molar-refractivity contribution < 1.29 is 45.8 Å². The number of amides is 1. The van der Waals surface area contributed by atoms with Crippen LogP contribution in [0.5, 0.6) is 5.75 Å². The molecule has 0 atom stereocenters. The van der Waals surface area contributed by atoms with Crippen molar-refractivity contribution in [2.24, 2.45) is 0 Å². The van der Waals surface area contributed by atoms with Crippen molar-refractivity contribution in [1.29, 1.82) is 0 Å². The number of halogens is 3. The summed E-state index contributed by atoms with van der Waals surface area (Å²) in [6, 6.07) is 6.50. The van der Waals surface area contributed by atoms with Gasteiger partial charge < -0.3 is 24.8 Å². The molecule has 1 aromatic carbocycles. The number of sulfonamides is 1.